The van der Waals surface area contributed by atoms with E-state index in [-0.39, 0.29) is 34.3 Å². The van der Waals surface area contributed by atoms with Crippen LogP contribution in [0, 0.1) is 22.7 Å². The topological polar surface area (TPSA) is 52.6 Å². The number of ether oxygens (including phenoxy) is 2. The van der Waals surface area contributed by atoms with Gasteiger partial charge in [-0.25, -0.2) is 0 Å². The zero-order valence-corrected chi connectivity index (χ0v) is 26.0. The number of rotatable bonds is 11. The van der Waals surface area contributed by atoms with Gasteiger partial charge in [-0.1, -0.05) is 81.3 Å². The third-order valence-corrected chi connectivity index (χ3v) is 11.5. The Labute approximate surface area is 239 Å². The van der Waals surface area contributed by atoms with Crippen LogP contribution in [0.2, 0.25) is 0 Å². The van der Waals surface area contributed by atoms with E-state index in [1.165, 1.54) is 69.4 Å². The fourth-order valence-corrected chi connectivity index (χ4v) is 9.45. The van der Waals surface area contributed by atoms with Crippen LogP contribution in [0.15, 0.2) is 18.2 Å². The number of hydrogen-bond donors (Lipinski definition) is 0. The molecule has 3 aliphatic carbocycles. The molecular formula is C33H49BrO4. The molecule has 0 saturated heterocycles. The van der Waals surface area contributed by atoms with Gasteiger partial charge in [-0.05, 0) is 90.9 Å². The van der Waals surface area contributed by atoms with Crippen LogP contribution < -0.4 is 4.74 Å². The number of carbonyl (C=O) groups is 2. The normalized spacial score (nSPS) is 33.7. The van der Waals surface area contributed by atoms with E-state index >= 15 is 0 Å². The Morgan fingerprint density at radius 3 is 2.24 bits per heavy atom. The molecule has 38 heavy (non-hydrogen) atoms. The molecule has 6 atom stereocenters. The van der Waals surface area contributed by atoms with Crippen LogP contribution in [0.1, 0.15) is 123 Å². The Hall–Kier alpha value is -1.36. The minimum atomic E-state index is -0.263. The van der Waals surface area contributed by atoms with Crippen molar-refractivity contribution in [2.75, 3.05) is 5.33 Å². The summed E-state index contributed by atoms with van der Waals surface area (Å²) in [4.78, 5) is 23.7. The average molecular weight is 590 g/mol. The van der Waals surface area contributed by atoms with Crippen LogP contribution in [0.3, 0.4) is 0 Å². The molecule has 2 fully saturated rings. The number of carbonyl (C=O) groups excluding carboxylic acids is 2. The van der Waals surface area contributed by atoms with Crippen molar-refractivity contribution in [3.8, 4) is 5.75 Å². The first kappa shape index (κ1) is 29.6. The van der Waals surface area contributed by atoms with Crippen molar-refractivity contribution in [2.24, 2.45) is 22.7 Å². The van der Waals surface area contributed by atoms with E-state index in [0.717, 1.165) is 37.4 Å². The summed E-state index contributed by atoms with van der Waals surface area (Å²) in [5.41, 5.74) is 3.00. The van der Waals surface area contributed by atoms with Gasteiger partial charge in [0.15, 0.2) is 0 Å². The zero-order valence-electron chi connectivity index (χ0n) is 24.4. The summed E-state index contributed by atoms with van der Waals surface area (Å²) >= 11 is 3.54. The lowest BCUT2D eigenvalue weighted by Gasteiger charge is -2.64. The van der Waals surface area contributed by atoms with Crippen LogP contribution >= 0.6 is 15.9 Å². The molecule has 0 spiro atoms. The van der Waals surface area contributed by atoms with Gasteiger partial charge in [0.1, 0.15) is 11.9 Å². The summed E-state index contributed by atoms with van der Waals surface area (Å²) in [7, 11) is 0. The molecule has 3 aliphatic rings. The van der Waals surface area contributed by atoms with Crippen molar-refractivity contribution >= 4 is 27.9 Å². The Morgan fingerprint density at radius 1 is 0.895 bits per heavy atom. The van der Waals surface area contributed by atoms with Crippen LogP contribution in [0.5, 0.6) is 5.75 Å². The maximum absolute atomic E-state index is 12.0. The predicted molar refractivity (Wildman–Crippen MR) is 157 cm³/mol. The average Bonchev–Trinajstić information content (AvgIpc) is 3.10. The second kappa shape index (κ2) is 12.0. The van der Waals surface area contributed by atoms with Crippen molar-refractivity contribution < 1.29 is 19.1 Å². The maximum atomic E-state index is 12.0. The molecule has 0 bridgehead atoms. The van der Waals surface area contributed by atoms with E-state index in [0.29, 0.717) is 17.6 Å². The standard InChI is InChI=1S/C33H49BrO4/c1-23(35)37-27-14-15-28-26(22-27)21-25(13-11-9-7-6-8-10-12-20-34)30-31(28,3)18-19-32(4)29(38-24(2)36)16-17-33(30,32)5/h14-15,22,25,29-30H,6-13,16-21H2,1-5H3/t25-,29+,30-,31-,32-,33+/m1/s1. The fraction of sp³-hybridized carbons (Fsp3) is 0.758. The van der Waals surface area contributed by atoms with Gasteiger partial charge < -0.3 is 9.47 Å². The van der Waals surface area contributed by atoms with Gasteiger partial charge in [0.2, 0.25) is 0 Å². The minimum absolute atomic E-state index is 0.00566. The Bertz CT molecular complexity index is 1010. The molecule has 2 saturated carbocycles. The summed E-state index contributed by atoms with van der Waals surface area (Å²) in [6, 6.07) is 6.38. The molecule has 0 aromatic heterocycles. The van der Waals surface area contributed by atoms with Crippen LogP contribution in [0.25, 0.3) is 0 Å². The summed E-state index contributed by atoms with van der Waals surface area (Å²) < 4.78 is 11.5. The number of benzene rings is 1. The molecule has 0 amide bonds. The largest absolute Gasteiger partial charge is 0.462 e. The molecule has 4 rings (SSSR count). The second-order valence-corrected chi connectivity index (χ2v) is 14.0. The first-order valence-corrected chi connectivity index (χ1v) is 16.2. The maximum Gasteiger partial charge on any atom is 0.308 e. The number of unbranched alkanes of at least 4 members (excludes halogenated alkanes) is 6. The van der Waals surface area contributed by atoms with Crippen molar-refractivity contribution in [3.05, 3.63) is 29.3 Å². The molecule has 0 radical (unpaired) electrons. The highest BCUT2D eigenvalue weighted by atomic mass is 79.9. The van der Waals surface area contributed by atoms with Gasteiger partial charge in [0.05, 0.1) is 0 Å². The summed E-state index contributed by atoms with van der Waals surface area (Å²) in [5, 5.41) is 1.12. The van der Waals surface area contributed by atoms with Crippen molar-refractivity contribution in [2.45, 2.75) is 130 Å². The van der Waals surface area contributed by atoms with Gasteiger partial charge in [-0.15, -0.1) is 0 Å². The third-order valence-electron chi connectivity index (χ3n) is 10.9. The Kier molecular flexibility index (Phi) is 9.37. The number of hydrogen-bond acceptors (Lipinski definition) is 4. The Morgan fingerprint density at radius 2 is 1.58 bits per heavy atom. The predicted octanol–water partition coefficient (Wildman–Crippen LogP) is 8.71. The zero-order chi connectivity index (χ0) is 27.6. The van der Waals surface area contributed by atoms with E-state index < -0.39 is 0 Å². The molecule has 0 unspecified atom stereocenters. The molecule has 0 aliphatic heterocycles. The SMILES string of the molecule is CC(=O)Oc1ccc2c(c1)C[C@@H](CCCCCCCCCBr)[C@H]1[C@]3(C)CC[C@H](OC(C)=O)[C@@]3(C)CC[C@]21C. The fourth-order valence-electron chi connectivity index (χ4n) is 9.05. The van der Waals surface area contributed by atoms with E-state index in [1.54, 1.807) is 6.92 Å². The van der Waals surface area contributed by atoms with Crippen LogP contribution in [-0.4, -0.2) is 23.4 Å². The first-order valence-electron chi connectivity index (χ1n) is 15.1. The lowest BCUT2D eigenvalue weighted by molar-refractivity contribution is -0.167. The molecule has 0 heterocycles. The second-order valence-electron chi connectivity index (χ2n) is 13.2. The lowest BCUT2D eigenvalue weighted by Crippen LogP contribution is -2.60. The van der Waals surface area contributed by atoms with E-state index in [9.17, 15) is 9.59 Å². The highest BCUT2D eigenvalue weighted by Crippen LogP contribution is 2.71. The molecule has 4 nitrogen and oxygen atoms in total. The molecule has 1 aromatic rings. The van der Waals surface area contributed by atoms with Gasteiger partial charge >= 0.3 is 11.9 Å². The van der Waals surface area contributed by atoms with Gasteiger partial charge in [0.25, 0.3) is 0 Å². The van der Waals surface area contributed by atoms with Crippen molar-refractivity contribution in [1.82, 2.24) is 0 Å². The summed E-state index contributed by atoms with van der Waals surface area (Å²) in [6.07, 6.45) is 15.8. The third kappa shape index (κ3) is 5.60. The monoisotopic (exact) mass is 588 g/mol. The van der Waals surface area contributed by atoms with Gasteiger partial charge in [0, 0.05) is 24.6 Å². The van der Waals surface area contributed by atoms with E-state index in [2.05, 4.69) is 48.8 Å². The quantitative estimate of drug-likeness (QED) is 0.112. The molecular weight excluding hydrogens is 540 g/mol. The van der Waals surface area contributed by atoms with E-state index in [1.807, 2.05) is 6.07 Å². The van der Waals surface area contributed by atoms with E-state index in [4.69, 9.17) is 9.47 Å². The van der Waals surface area contributed by atoms with Crippen LogP contribution in [0.4, 0.5) is 0 Å². The smallest absolute Gasteiger partial charge is 0.308 e. The van der Waals surface area contributed by atoms with Gasteiger partial charge in [-0.3, -0.25) is 9.59 Å². The van der Waals surface area contributed by atoms with Crippen molar-refractivity contribution in [3.63, 3.8) is 0 Å². The molecule has 1 aromatic carbocycles. The number of alkyl halides is 1. The van der Waals surface area contributed by atoms with Crippen LogP contribution in [-0.2, 0) is 26.2 Å². The molecule has 0 N–H and O–H groups in total. The van der Waals surface area contributed by atoms with Crippen molar-refractivity contribution in [1.29, 1.82) is 0 Å². The summed E-state index contributed by atoms with van der Waals surface area (Å²) in [5.74, 6) is 1.38. The van der Waals surface area contributed by atoms with Gasteiger partial charge in [-0.2, -0.15) is 0 Å². The molecule has 5 heteroatoms. The first-order chi connectivity index (χ1) is 18.0. The highest BCUT2D eigenvalue weighted by Gasteiger charge is 2.67. The molecule has 212 valence electrons. The summed E-state index contributed by atoms with van der Waals surface area (Å²) in [6.45, 7) is 10.5. The lowest BCUT2D eigenvalue weighted by atomic mass is 9.40. The highest BCUT2D eigenvalue weighted by molar-refractivity contribution is 9.09. The number of esters is 2. The Balaban J connectivity index is 1.60. The number of halogens is 1. The minimum Gasteiger partial charge on any atom is -0.462 e. The number of fused-ring (bicyclic) bond motifs is 5.